The van der Waals surface area contributed by atoms with E-state index in [4.69, 9.17) is 9.15 Å². The third-order valence-electron chi connectivity index (χ3n) is 3.71. The smallest absolute Gasteiger partial charge is 0.329 e. The zero-order chi connectivity index (χ0) is 19.6. The molecule has 0 saturated carbocycles. The zero-order valence-electron chi connectivity index (χ0n) is 15.2. The summed E-state index contributed by atoms with van der Waals surface area (Å²) in [5.41, 5.74) is 1.56. The highest BCUT2D eigenvalue weighted by Gasteiger charge is 2.24. The van der Waals surface area contributed by atoms with Crippen LogP contribution in [0.15, 0.2) is 47.1 Å². The van der Waals surface area contributed by atoms with Crippen LogP contribution in [0.5, 0.6) is 0 Å². The molecule has 0 fully saturated rings. The van der Waals surface area contributed by atoms with Crippen LogP contribution in [0.3, 0.4) is 0 Å². The van der Waals surface area contributed by atoms with Gasteiger partial charge in [-0.1, -0.05) is 18.2 Å². The van der Waals surface area contributed by atoms with E-state index in [2.05, 4.69) is 10.6 Å². The van der Waals surface area contributed by atoms with Gasteiger partial charge in [0.05, 0.1) is 6.26 Å². The molecule has 1 aromatic heterocycles. The predicted molar refractivity (Wildman–Crippen MR) is 104 cm³/mol. The van der Waals surface area contributed by atoms with Gasteiger partial charge < -0.3 is 19.8 Å². The van der Waals surface area contributed by atoms with Crippen LogP contribution in [0.4, 0.5) is 5.69 Å². The molecule has 1 atom stereocenters. The lowest BCUT2D eigenvalue weighted by Crippen LogP contribution is -2.43. The van der Waals surface area contributed by atoms with Gasteiger partial charge >= 0.3 is 5.97 Å². The molecule has 8 heteroatoms. The molecule has 2 rings (SSSR count). The van der Waals surface area contributed by atoms with E-state index in [0.29, 0.717) is 17.9 Å². The number of para-hydroxylation sites is 1. The molecule has 2 aromatic rings. The van der Waals surface area contributed by atoms with E-state index in [9.17, 15) is 14.4 Å². The molecule has 0 aliphatic heterocycles. The van der Waals surface area contributed by atoms with Crippen molar-refractivity contribution in [3.05, 3.63) is 54.0 Å². The van der Waals surface area contributed by atoms with Crippen LogP contribution >= 0.6 is 11.8 Å². The monoisotopic (exact) mass is 390 g/mol. The van der Waals surface area contributed by atoms with Gasteiger partial charge in [0.15, 0.2) is 12.4 Å². The van der Waals surface area contributed by atoms with Gasteiger partial charge in [0.1, 0.15) is 6.04 Å². The van der Waals surface area contributed by atoms with Crippen molar-refractivity contribution in [3.8, 4) is 0 Å². The van der Waals surface area contributed by atoms with Gasteiger partial charge in [-0.15, -0.1) is 0 Å². The summed E-state index contributed by atoms with van der Waals surface area (Å²) in [5, 5.41) is 5.27. The van der Waals surface area contributed by atoms with E-state index in [0.717, 1.165) is 5.56 Å². The summed E-state index contributed by atoms with van der Waals surface area (Å²) in [6, 6.07) is 9.52. The first-order valence-corrected chi connectivity index (χ1v) is 9.76. The Morgan fingerprint density at radius 1 is 1.19 bits per heavy atom. The number of benzene rings is 1. The highest BCUT2D eigenvalue weighted by atomic mass is 32.2. The Morgan fingerprint density at radius 2 is 1.96 bits per heavy atom. The molecule has 0 spiro atoms. The number of amides is 2. The Balaban J connectivity index is 1.89. The number of esters is 1. The summed E-state index contributed by atoms with van der Waals surface area (Å²) in [5.74, 6) is -0.864. The van der Waals surface area contributed by atoms with Gasteiger partial charge in [0, 0.05) is 5.69 Å². The molecular formula is C19H22N2O5S. The molecule has 0 saturated heterocycles. The normalized spacial score (nSPS) is 11.5. The summed E-state index contributed by atoms with van der Waals surface area (Å²) in [4.78, 5) is 36.4. The Kier molecular flexibility index (Phi) is 7.94. The SMILES string of the molecule is CSCC[C@H](NC(=O)c1ccco1)C(=O)OCC(=O)Nc1ccccc1C. The number of hydrogen-bond acceptors (Lipinski definition) is 6. The van der Waals surface area contributed by atoms with Gasteiger partial charge in [-0.25, -0.2) is 4.79 Å². The molecule has 2 N–H and O–H groups in total. The molecule has 1 heterocycles. The molecule has 7 nitrogen and oxygen atoms in total. The number of thioether (sulfide) groups is 1. The van der Waals surface area contributed by atoms with Crippen LogP contribution in [0.25, 0.3) is 0 Å². The minimum atomic E-state index is -0.860. The molecule has 2 amide bonds. The van der Waals surface area contributed by atoms with Crippen molar-refractivity contribution in [2.45, 2.75) is 19.4 Å². The molecule has 0 bridgehead atoms. The lowest BCUT2D eigenvalue weighted by molar-refractivity contribution is -0.149. The van der Waals surface area contributed by atoms with Crippen LogP contribution in [-0.2, 0) is 14.3 Å². The quantitative estimate of drug-likeness (QED) is 0.639. The lowest BCUT2D eigenvalue weighted by atomic mass is 10.2. The van der Waals surface area contributed by atoms with Crippen LogP contribution in [-0.4, -0.2) is 42.4 Å². The molecule has 0 radical (unpaired) electrons. The van der Waals surface area contributed by atoms with Crippen molar-refractivity contribution in [2.75, 3.05) is 23.9 Å². The van der Waals surface area contributed by atoms with Crippen LogP contribution in [0, 0.1) is 6.92 Å². The first kappa shape index (κ1) is 20.6. The number of hydrogen-bond donors (Lipinski definition) is 2. The second kappa shape index (κ2) is 10.4. The molecule has 0 unspecified atom stereocenters. The maximum absolute atomic E-state index is 12.3. The van der Waals surface area contributed by atoms with E-state index in [1.165, 1.54) is 24.1 Å². The number of ether oxygens (including phenoxy) is 1. The minimum absolute atomic E-state index is 0.106. The number of nitrogens with one attached hydrogen (secondary N) is 2. The van der Waals surface area contributed by atoms with Crippen LogP contribution in [0.2, 0.25) is 0 Å². The molecular weight excluding hydrogens is 368 g/mol. The third-order valence-corrected chi connectivity index (χ3v) is 4.35. The largest absolute Gasteiger partial charge is 0.459 e. The Hall–Kier alpha value is -2.74. The van der Waals surface area contributed by atoms with E-state index in [-0.39, 0.29) is 5.76 Å². The Bertz CT molecular complexity index is 776. The summed E-state index contributed by atoms with van der Waals surface area (Å²) >= 11 is 1.54. The first-order chi connectivity index (χ1) is 13.0. The van der Waals surface area contributed by atoms with Crippen molar-refractivity contribution in [3.63, 3.8) is 0 Å². The highest BCUT2D eigenvalue weighted by molar-refractivity contribution is 7.98. The van der Waals surface area contributed by atoms with Crippen molar-refractivity contribution < 1.29 is 23.5 Å². The molecule has 1 aromatic carbocycles. The molecule has 0 aliphatic carbocycles. The molecule has 144 valence electrons. The standard InChI is InChI=1S/C19H22N2O5S/c1-13-6-3-4-7-14(13)20-17(22)12-26-19(24)15(9-11-27-2)21-18(23)16-8-5-10-25-16/h3-8,10,15H,9,11-12H2,1-2H3,(H,20,22)(H,21,23)/t15-/m0/s1. The first-order valence-electron chi connectivity index (χ1n) is 8.36. The summed E-state index contributed by atoms with van der Waals surface area (Å²) in [6.07, 6.45) is 3.65. The van der Waals surface area contributed by atoms with Crippen molar-refractivity contribution >= 4 is 35.2 Å². The van der Waals surface area contributed by atoms with Gasteiger partial charge in [-0.2, -0.15) is 11.8 Å². The second-order valence-corrected chi connectivity index (χ2v) is 6.74. The maximum atomic E-state index is 12.3. The maximum Gasteiger partial charge on any atom is 0.329 e. The summed E-state index contributed by atoms with van der Waals surface area (Å²) in [7, 11) is 0. The average molecular weight is 390 g/mol. The van der Waals surface area contributed by atoms with E-state index >= 15 is 0 Å². The van der Waals surface area contributed by atoms with Gasteiger partial charge in [0.2, 0.25) is 0 Å². The average Bonchev–Trinajstić information content (AvgIpc) is 3.20. The van der Waals surface area contributed by atoms with Crippen molar-refractivity contribution in [2.24, 2.45) is 0 Å². The van der Waals surface area contributed by atoms with E-state index < -0.39 is 30.4 Å². The fraction of sp³-hybridized carbons (Fsp3) is 0.316. The van der Waals surface area contributed by atoms with Gasteiger partial charge in [0.25, 0.3) is 11.8 Å². The third kappa shape index (κ3) is 6.49. The van der Waals surface area contributed by atoms with Crippen molar-refractivity contribution in [1.82, 2.24) is 5.32 Å². The topological polar surface area (TPSA) is 97.6 Å². The van der Waals surface area contributed by atoms with Crippen molar-refractivity contribution in [1.29, 1.82) is 0 Å². The number of aryl methyl sites for hydroxylation is 1. The number of furan rings is 1. The number of carbonyl (C=O) groups excluding carboxylic acids is 3. The van der Waals surface area contributed by atoms with Crippen LogP contribution in [0.1, 0.15) is 22.5 Å². The van der Waals surface area contributed by atoms with E-state index in [1.54, 1.807) is 18.2 Å². The summed E-state index contributed by atoms with van der Waals surface area (Å²) < 4.78 is 10.1. The fourth-order valence-electron chi connectivity index (χ4n) is 2.26. The molecule has 0 aliphatic rings. The Labute approximate surface area is 161 Å². The summed E-state index contributed by atoms with van der Waals surface area (Å²) in [6.45, 7) is 1.43. The highest BCUT2D eigenvalue weighted by Crippen LogP contribution is 2.13. The number of anilines is 1. The molecule has 27 heavy (non-hydrogen) atoms. The Morgan fingerprint density at radius 3 is 2.63 bits per heavy atom. The number of rotatable bonds is 9. The van der Waals surface area contributed by atoms with E-state index in [1.807, 2.05) is 25.3 Å². The van der Waals surface area contributed by atoms with Gasteiger partial charge in [-0.3, -0.25) is 9.59 Å². The second-order valence-electron chi connectivity index (χ2n) is 5.76. The zero-order valence-corrected chi connectivity index (χ0v) is 16.0. The minimum Gasteiger partial charge on any atom is -0.459 e. The van der Waals surface area contributed by atoms with Crippen LogP contribution < -0.4 is 10.6 Å². The fourth-order valence-corrected chi connectivity index (χ4v) is 2.73. The lowest BCUT2D eigenvalue weighted by Gasteiger charge is -2.16. The van der Waals surface area contributed by atoms with Gasteiger partial charge in [-0.05, 0) is 49.1 Å². The predicted octanol–water partition coefficient (Wildman–Crippen LogP) is 2.62. The number of carbonyl (C=O) groups is 3.